The van der Waals surface area contributed by atoms with Crippen LogP contribution in [0.4, 0.5) is 0 Å². The Morgan fingerprint density at radius 2 is 2.60 bits per heavy atom. The molecule has 1 rings (SSSR count). The Bertz CT molecular complexity index is 125. The quantitative estimate of drug-likeness (QED) is 0.545. The highest BCUT2D eigenvalue weighted by molar-refractivity contribution is 5.76. The average Bonchev–Trinajstić information content (AvgIpc) is 1.88. The van der Waals surface area contributed by atoms with Crippen LogP contribution in [0.1, 0.15) is 13.3 Å². The lowest BCUT2D eigenvalue weighted by Gasteiger charge is -2.23. The fourth-order valence-corrected chi connectivity index (χ4v) is 0.895. The molecule has 4 nitrogen and oxygen atoms in total. The van der Waals surface area contributed by atoms with E-state index >= 15 is 0 Å². The Morgan fingerprint density at radius 3 is 3.20 bits per heavy atom. The van der Waals surface area contributed by atoms with Gasteiger partial charge in [-0.25, -0.2) is 0 Å². The molecule has 0 saturated carbocycles. The molecule has 10 heavy (non-hydrogen) atoms. The minimum absolute atomic E-state index is 0.0530. The van der Waals surface area contributed by atoms with E-state index in [9.17, 15) is 4.79 Å². The zero-order valence-corrected chi connectivity index (χ0v) is 6.02. The van der Waals surface area contributed by atoms with Crippen molar-refractivity contribution in [2.24, 2.45) is 0 Å². The van der Waals surface area contributed by atoms with E-state index in [1.54, 1.807) is 0 Å². The molecule has 1 saturated heterocycles. The number of hydrogen-bond donors (Lipinski definition) is 2. The number of ether oxygens (including phenoxy) is 1. The third kappa shape index (κ3) is 1.97. The van der Waals surface area contributed by atoms with E-state index < -0.39 is 0 Å². The Balaban J connectivity index is 2.25. The molecule has 0 bridgehead atoms. The van der Waals surface area contributed by atoms with Crippen molar-refractivity contribution in [3.8, 4) is 0 Å². The second-order valence-corrected chi connectivity index (χ2v) is 2.13. The van der Waals surface area contributed by atoms with Gasteiger partial charge in [0.2, 0.25) is 5.91 Å². The van der Waals surface area contributed by atoms with E-state index in [-0.39, 0.29) is 12.1 Å². The number of nitrogens with one attached hydrogen (secondary N) is 2. The Morgan fingerprint density at radius 1 is 1.80 bits per heavy atom. The molecule has 0 aromatic rings. The molecule has 1 heterocycles. The SMILES string of the molecule is CCOC1CC(=O)NCN1. The van der Waals surface area contributed by atoms with Crippen LogP contribution >= 0.6 is 0 Å². The highest BCUT2D eigenvalue weighted by atomic mass is 16.5. The molecule has 1 aliphatic rings. The van der Waals surface area contributed by atoms with Crippen molar-refractivity contribution in [1.29, 1.82) is 0 Å². The first-order chi connectivity index (χ1) is 4.83. The third-order valence-electron chi connectivity index (χ3n) is 1.35. The molecule has 58 valence electrons. The highest BCUT2D eigenvalue weighted by Crippen LogP contribution is 1.97. The van der Waals surface area contributed by atoms with Crippen LogP contribution in [-0.2, 0) is 9.53 Å². The predicted octanol–water partition coefficient (Wildman–Crippen LogP) is -0.584. The van der Waals surface area contributed by atoms with Crippen molar-refractivity contribution < 1.29 is 9.53 Å². The molecule has 0 spiro atoms. The van der Waals surface area contributed by atoms with Gasteiger partial charge in [0.05, 0.1) is 13.1 Å². The van der Waals surface area contributed by atoms with Crippen LogP contribution < -0.4 is 10.6 Å². The molecule has 1 amide bonds. The van der Waals surface area contributed by atoms with E-state index in [0.29, 0.717) is 19.7 Å². The predicted molar refractivity (Wildman–Crippen MR) is 36.2 cm³/mol. The van der Waals surface area contributed by atoms with Gasteiger partial charge >= 0.3 is 0 Å². The number of hydrogen-bond acceptors (Lipinski definition) is 3. The minimum atomic E-state index is -0.0845. The van der Waals surface area contributed by atoms with Gasteiger partial charge in [0.1, 0.15) is 6.23 Å². The Labute approximate surface area is 59.9 Å². The summed E-state index contributed by atoms with van der Waals surface area (Å²) in [7, 11) is 0. The van der Waals surface area contributed by atoms with Gasteiger partial charge in [-0.2, -0.15) is 0 Å². The monoisotopic (exact) mass is 144 g/mol. The van der Waals surface area contributed by atoms with Crippen molar-refractivity contribution in [2.45, 2.75) is 19.6 Å². The van der Waals surface area contributed by atoms with Crippen molar-refractivity contribution in [3.05, 3.63) is 0 Å². The van der Waals surface area contributed by atoms with E-state index in [1.807, 2.05) is 6.92 Å². The second-order valence-electron chi connectivity index (χ2n) is 2.13. The minimum Gasteiger partial charge on any atom is -0.363 e. The summed E-state index contributed by atoms with van der Waals surface area (Å²) in [5.74, 6) is 0.0530. The summed E-state index contributed by atoms with van der Waals surface area (Å²) in [6.45, 7) is 3.07. The molecule has 0 aliphatic carbocycles. The number of carbonyl (C=O) groups excluding carboxylic acids is 1. The molecule has 0 aromatic carbocycles. The summed E-state index contributed by atoms with van der Waals surface area (Å²) in [4.78, 5) is 10.7. The van der Waals surface area contributed by atoms with Crippen LogP contribution in [-0.4, -0.2) is 25.4 Å². The van der Waals surface area contributed by atoms with Crippen LogP contribution in [0.5, 0.6) is 0 Å². The Kier molecular flexibility index (Phi) is 2.65. The summed E-state index contributed by atoms with van der Waals surface area (Å²) >= 11 is 0. The average molecular weight is 144 g/mol. The van der Waals surface area contributed by atoms with Crippen LogP contribution in [0.25, 0.3) is 0 Å². The van der Waals surface area contributed by atoms with E-state index in [1.165, 1.54) is 0 Å². The second kappa shape index (κ2) is 3.53. The summed E-state index contributed by atoms with van der Waals surface area (Å²) in [6.07, 6.45) is 0.340. The van der Waals surface area contributed by atoms with Gasteiger partial charge in [0.15, 0.2) is 0 Å². The van der Waals surface area contributed by atoms with Crippen LogP contribution in [0, 0.1) is 0 Å². The summed E-state index contributed by atoms with van der Waals surface area (Å²) in [5.41, 5.74) is 0. The lowest BCUT2D eigenvalue weighted by atomic mass is 10.3. The lowest BCUT2D eigenvalue weighted by molar-refractivity contribution is -0.127. The molecule has 0 aromatic heterocycles. The Hall–Kier alpha value is -0.610. The maximum Gasteiger partial charge on any atom is 0.224 e. The third-order valence-corrected chi connectivity index (χ3v) is 1.35. The molecule has 1 atom stereocenters. The molecule has 2 N–H and O–H groups in total. The first kappa shape index (κ1) is 7.50. The molecule has 1 aliphatic heterocycles. The smallest absolute Gasteiger partial charge is 0.224 e. The molecule has 0 radical (unpaired) electrons. The standard InChI is InChI=1S/C6H12N2O2/c1-2-10-6-3-5(9)7-4-8-6/h6,8H,2-4H2,1H3,(H,7,9). The van der Waals surface area contributed by atoms with Gasteiger partial charge in [-0.3, -0.25) is 10.1 Å². The maximum atomic E-state index is 10.7. The van der Waals surface area contributed by atoms with Crippen LogP contribution in [0.2, 0.25) is 0 Å². The van der Waals surface area contributed by atoms with Gasteiger partial charge < -0.3 is 10.1 Å². The first-order valence-electron chi connectivity index (χ1n) is 3.44. The summed E-state index contributed by atoms with van der Waals surface area (Å²) in [6, 6.07) is 0. The van der Waals surface area contributed by atoms with Gasteiger partial charge in [-0.05, 0) is 6.92 Å². The normalized spacial score (nSPS) is 26.1. The van der Waals surface area contributed by atoms with E-state index in [0.717, 1.165) is 0 Å². The van der Waals surface area contributed by atoms with Crippen LogP contribution in [0.3, 0.4) is 0 Å². The van der Waals surface area contributed by atoms with Gasteiger partial charge in [0, 0.05) is 6.61 Å². The van der Waals surface area contributed by atoms with E-state index in [4.69, 9.17) is 4.74 Å². The van der Waals surface area contributed by atoms with E-state index in [2.05, 4.69) is 10.6 Å². The van der Waals surface area contributed by atoms with Crippen molar-refractivity contribution in [3.63, 3.8) is 0 Å². The fourth-order valence-electron chi connectivity index (χ4n) is 0.895. The topological polar surface area (TPSA) is 50.4 Å². The fraction of sp³-hybridized carbons (Fsp3) is 0.833. The molecule has 1 unspecified atom stereocenters. The maximum absolute atomic E-state index is 10.7. The first-order valence-corrected chi connectivity index (χ1v) is 3.44. The zero-order valence-electron chi connectivity index (χ0n) is 6.02. The van der Waals surface area contributed by atoms with Gasteiger partial charge in [-0.1, -0.05) is 0 Å². The highest BCUT2D eigenvalue weighted by Gasteiger charge is 2.17. The molecular weight excluding hydrogens is 132 g/mol. The summed E-state index contributed by atoms with van der Waals surface area (Å²) < 4.78 is 5.18. The van der Waals surface area contributed by atoms with Crippen molar-refractivity contribution in [2.75, 3.05) is 13.3 Å². The van der Waals surface area contributed by atoms with Gasteiger partial charge in [-0.15, -0.1) is 0 Å². The lowest BCUT2D eigenvalue weighted by Crippen LogP contribution is -2.49. The number of rotatable bonds is 2. The number of carbonyl (C=O) groups is 1. The van der Waals surface area contributed by atoms with Crippen molar-refractivity contribution in [1.82, 2.24) is 10.6 Å². The van der Waals surface area contributed by atoms with Crippen molar-refractivity contribution >= 4 is 5.91 Å². The molecule has 4 heteroatoms. The van der Waals surface area contributed by atoms with Crippen LogP contribution in [0.15, 0.2) is 0 Å². The molecule has 1 fully saturated rings. The molecular formula is C6H12N2O2. The zero-order chi connectivity index (χ0) is 7.40. The largest absolute Gasteiger partial charge is 0.363 e. The number of amides is 1. The summed E-state index contributed by atoms with van der Waals surface area (Å²) in [5, 5.41) is 5.64. The van der Waals surface area contributed by atoms with Gasteiger partial charge in [0.25, 0.3) is 0 Å².